The third kappa shape index (κ3) is 3.55. The van der Waals surface area contributed by atoms with Gasteiger partial charge in [0.2, 0.25) is 0 Å². The van der Waals surface area contributed by atoms with Crippen LogP contribution in [0.4, 0.5) is 4.39 Å². The molecule has 1 aromatic carbocycles. The summed E-state index contributed by atoms with van der Waals surface area (Å²) < 4.78 is 13.8. The van der Waals surface area contributed by atoms with Gasteiger partial charge in [0.25, 0.3) is 5.91 Å². The number of nitrogens with one attached hydrogen (secondary N) is 1. The van der Waals surface area contributed by atoms with E-state index >= 15 is 0 Å². The van der Waals surface area contributed by atoms with E-state index in [1.807, 2.05) is 11.8 Å². The number of benzene rings is 1. The Hall–Kier alpha value is -0.550. The van der Waals surface area contributed by atoms with Gasteiger partial charge < -0.3 is 5.32 Å². The molecule has 0 aliphatic heterocycles. The second-order valence-electron chi connectivity index (χ2n) is 5.23. The maximum absolute atomic E-state index is 13.4. The largest absolute Gasteiger partial charge is 0.351 e. The Morgan fingerprint density at radius 1 is 1.40 bits per heavy atom. The Kier molecular flexibility index (Phi) is 5.49. The first kappa shape index (κ1) is 15.8. The molecule has 2 nitrogen and oxygen atoms in total. The molecule has 0 radical (unpaired) electrons. The van der Waals surface area contributed by atoms with Gasteiger partial charge >= 0.3 is 0 Å². The van der Waals surface area contributed by atoms with Crippen molar-refractivity contribution < 1.29 is 9.18 Å². The van der Waals surface area contributed by atoms with Gasteiger partial charge in [-0.25, -0.2) is 4.39 Å². The predicted molar refractivity (Wildman–Crippen MR) is 85.8 cm³/mol. The Morgan fingerprint density at radius 2 is 2.10 bits per heavy atom. The molecule has 1 saturated carbocycles. The van der Waals surface area contributed by atoms with Crippen molar-refractivity contribution in [2.24, 2.45) is 0 Å². The van der Waals surface area contributed by atoms with Crippen molar-refractivity contribution in [1.82, 2.24) is 5.32 Å². The van der Waals surface area contributed by atoms with E-state index in [4.69, 9.17) is 0 Å². The molecule has 0 spiro atoms. The zero-order valence-corrected chi connectivity index (χ0v) is 13.9. The molecule has 1 aliphatic carbocycles. The summed E-state index contributed by atoms with van der Waals surface area (Å²) in [5.41, 5.74) is 0.358. The van der Waals surface area contributed by atoms with Gasteiger partial charge in [0.05, 0.1) is 10.0 Å². The minimum absolute atomic E-state index is 0.147. The van der Waals surface area contributed by atoms with E-state index in [0.717, 1.165) is 12.8 Å². The van der Waals surface area contributed by atoms with Crippen LogP contribution >= 0.6 is 27.7 Å². The van der Waals surface area contributed by atoms with Crippen molar-refractivity contribution in [3.05, 3.63) is 34.1 Å². The molecular formula is C15H19BrFNOS. The summed E-state index contributed by atoms with van der Waals surface area (Å²) >= 11 is 4.97. The molecular weight excluding hydrogens is 341 g/mol. The van der Waals surface area contributed by atoms with Crippen LogP contribution in [0.5, 0.6) is 0 Å². The molecule has 1 aliphatic rings. The minimum Gasteiger partial charge on any atom is -0.351 e. The van der Waals surface area contributed by atoms with Gasteiger partial charge in [-0.3, -0.25) is 4.79 Å². The van der Waals surface area contributed by atoms with Crippen LogP contribution in [-0.4, -0.2) is 23.5 Å². The fourth-order valence-electron chi connectivity index (χ4n) is 2.66. The number of hydrogen-bond acceptors (Lipinski definition) is 2. The molecule has 0 atom stereocenters. The summed E-state index contributed by atoms with van der Waals surface area (Å²) in [6.07, 6.45) is 8.11. The minimum atomic E-state index is -0.408. The van der Waals surface area contributed by atoms with Crippen LogP contribution in [0.1, 0.15) is 42.5 Å². The third-order valence-electron chi connectivity index (χ3n) is 3.97. The highest BCUT2D eigenvalue weighted by atomic mass is 79.9. The highest BCUT2D eigenvalue weighted by molar-refractivity contribution is 9.10. The molecule has 5 heteroatoms. The number of halogens is 2. The second-order valence-corrected chi connectivity index (χ2v) is 7.30. The smallest absolute Gasteiger partial charge is 0.252 e. The van der Waals surface area contributed by atoms with Crippen LogP contribution in [-0.2, 0) is 0 Å². The second kappa shape index (κ2) is 6.94. The molecule has 0 bridgehead atoms. The molecule has 1 fully saturated rings. The topological polar surface area (TPSA) is 29.1 Å². The van der Waals surface area contributed by atoms with Gasteiger partial charge in [-0.05, 0) is 47.2 Å². The van der Waals surface area contributed by atoms with Crippen LogP contribution in [0.2, 0.25) is 0 Å². The number of thioether (sulfide) groups is 1. The average Bonchev–Trinajstić information content (AvgIpc) is 2.48. The summed E-state index contributed by atoms with van der Waals surface area (Å²) in [6, 6.07) is 4.53. The van der Waals surface area contributed by atoms with Crippen molar-refractivity contribution in [2.75, 3.05) is 12.8 Å². The first-order valence-corrected chi connectivity index (χ1v) is 8.87. The van der Waals surface area contributed by atoms with E-state index in [1.54, 1.807) is 12.1 Å². The Balaban J connectivity index is 2.02. The molecule has 0 aromatic heterocycles. The SMILES string of the molecule is CSC1(CNC(=O)c2cccc(F)c2Br)CCCCC1. The fourth-order valence-corrected chi connectivity index (χ4v) is 4.02. The summed E-state index contributed by atoms with van der Waals surface area (Å²) in [7, 11) is 0. The highest BCUT2D eigenvalue weighted by Gasteiger charge is 2.31. The average molecular weight is 360 g/mol. The monoisotopic (exact) mass is 359 g/mol. The highest BCUT2D eigenvalue weighted by Crippen LogP contribution is 2.38. The van der Waals surface area contributed by atoms with Gasteiger partial charge in [-0.15, -0.1) is 0 Å². The molecule has 0 heterocycles. The first-order chi connectivity index (χ1) is 9.58. The maximum atomic E-state index is 13.4. The summed E-state index contributed by atoms with van der Waals surface area (Å²) in [6.45, 7) is 0.649. The van der Waals surface area contributed by atoms with Crippen molar-refractivity contribution in [1.29, 1.82) is 0 Å². The standard InChI is InChI=1S/C15H19BrFNOS/c1-20-15(8-3-2-4-9-15)10-18-14(19)11-6-5-7-12(17)13(11)16/h5-7H,2-4,8-10H2,1H3,(H,18,19). The van der Waals surface area contributed by atoms with Gasteiger partial charge in [-0.1, -0.05) is 25.3 Å². The Morgan fingerprint density at radius 3 is 2.75 bits per heavy atom. The van der Waals surface area contributed by atoms with Crippen molar-refractivity contribution in [3.8, 4) is 0 Å². The van der Waals surface area contributed by atoms with Gasteiger partial charge in [0.15, 0.2) is 0 Å². The van der Waals surface area contributed by atoms with E-state index in [1.165, 1.54) is 25.3 Å². The van der Waals surface area contributed by atoms with Gasteiger partial charge in [-0.2, -0.15) is 11.8 Å². The first-order valence-electron chi connectivity index (χ1n) is 6.85. The van der Waals surface area contributed by atoms with E-state index in [0.29, 0.717) is 12.1 Å². The maximum Gasteiger partial charge on any atom is 0.252 e. The molecule has 0 unspecified atom stereocenters. The zero-order valence-electron chi connectivity index (χ0n) is 11.5. The van der Waals surface area contributed by atoms with E-state index < -0.39 is 5.82 Å². The quantitative estimate of drug-likeness (QED) is 0.863. The van der Waals surface area contributed by atoms with Gasteiger partial charge in [0.1, 0.15) is 5.82 Å². The molecule has 1 aromatic rings. The van der Waals surface area contributed by atoms with E-state index in [-0.39, 0.29) is 15.1 Å². The predicted octanol–water partition coefficient (Wildman–Crippen LogP) is 4.38. The third-order valence-corrected chi connectivity index (χ3v) is 6.19. The van der Waals surface area contributed by atoms with Crippen LogP contribution in [0.25, 0.3) is 0 Å². The molecule has 2 rings (SSSR count). The van der Waals surface area contributed by atoms with E-state index in [9.17, 15) is 9.18 Å². The van der Waals surface area contributed by atoms with E-state index in [2.05, 4.69) is 27.5 Å². The molecule has 1 N–H and O–H groups in total. The van der Waals surface area contributed by atoms with Gasteiger partial charge in [0, 0.05) is 11.3 Å². The number of hydrogen-bond donors (Lipinski definition) is 1. The Labute approximate surface area is 132 Å². The number of amides is 1. The number of carbonyl (C=O) groups excluding carboxylic acids is 1. The molecule has 1 amide bonds. The molecule has 0 saturated heterocycles. The lowest BCUT2D eigenvalue weighted by Crippen LogP contribution is -2.41. The van der Waals surface area contributed by atoms with Crippen LogP contribution in [0.3, 0.4) is 0 Å². The van der Waals surface area contributed by atoms with Crippen LogP contribution in [0.15, 0.2) is 22.7 Å². The molecule has 110 valence electrons. The summed E-state index contributed by atoms with van der Waals surface area (Å²) in [5.74, 6) is -0.620. The summed E-state index contributed by atoms with van der Waals surface area (Å²) in [4.78, 5) is 12.2. The van der Waals surface area contributed by atoms with Crippen molar-refractivity contribution in [3.63, 3.8) is 0 Å². The lowest BCUT2D eigenvalue weighted by Gasteiger charge is -2.35. The lowest BCUT2D eigenvalue weighted by molar-refractivity contribution is 0.0945. The van der Waals surface area contributed by atoms with Crippen molar-refractivity contribution >= 4 is 33.6 Å². The van der Waals surface area contributed by atoms with Crippen molar-refractivity contribution in [2.45, 2.75) is 36.9 Å². The Bertz CT molecular complexity index is 489. The number of carbonyl (C=O) groups is 1. The van der Waals surface area contributed by atoms with Crippen LogP contribution < -0.4 is 5.32 Å². The lowest BCUT2D eigenvalue weighted by atomic mass is 9.88. The summed E-state index contributed by atoms with van der Waals surface area (Å²) in [5, 5.41) is 2.97. The fraction of sp³-hybridized carbons (Fsp3) is 0.533. The number of rotatable bonds is 4. The zero-order chi connectivity index (χ0) is 14.6. The normalized spacial score (nSPS) is 17.8. The van der Waals surface area contributed by atoms with Crippen LogP contribution in [0, 0.1) is 5.82 Å². The molecule has 20 heavy (non-hydrogen) atoms.